The first-order chi connectivity index (χ1) is 10.2. The van der Waals surface area contributed by atoms with Crippen molar-refractivity contribution in [3.8, 4) is 16.9 Å². The lowest BCUT2D eigenvalue weighted by Gasteiger charge is -2.03. The summed E-state index contributed by atoms with van der Waals surface area (Å²) in [6.45, 7) is 0. The first kappa shape index (κ1) is 13.5. The van der Waals surface area contributed by atoms with Crippen LogP contribution in [0, 0.1) is 0 Å². The monoisotopic (exact) mass is 343 g/mol. The van der Waals surface area contributed by atoms with Crippen molar-refractivity contribution in [2.45, 2.75) is 0 Å². The maximum absolute atomic E-state index is 11.4. The highest BCUT2D eigenvalue weighted by atomic mass is 79.9. The second kappa shape index (κ2) is 5.49. The molecule has 3 rings (SSSR count). The summed E-state index contributed by atoms with van der Waals surface area (Å²) < 4.78 is 2.39. The van der Waals surface area contributed by atoms with E-state index >= 15 is 0 Å². The highest BCUT2D eigenvalue weighted by Crippen LogP contribution is 2.26. The zero-order valence-corrected chi connectivity index (χ0v) is 12.4. The van der Waals surface area contributed by atoms with E-state index < -0.39 is 5.97 Å². The van der Waals surface area contributed by atoms with Crippen LogP contribution in [0.2, 0.25) is 0 Å². The quantitative estimate of drug-likeness (QED) is 0.791. The molecule has 1 N–H and O–H groups in total. The fraction of sp³-hybridized carbons (Fsp3) is 0. The zero-order valence-electron chi connectivity index (χ0n) is 10.8. The molecule has 0 atom stereocenters. The fourth-order valence-electron chi connectivity index (χ4n) is 2.01. The van der Waals surface area contributed by atoms with Crippen LogP contribution in [0.1, 0.15) is 10.4 Å². The number of carboxylic acid groups (broad SMARTS) is 1. The molecule has 2 heterocycles. The molecule has 0 amide bonds. The normalized spacial score (nSPS) is 10.5. The number of benzene rings is 1. The standard InChI is InChI=1S/C15H10BrN3O2/c16-12-5-1-2-6-13(12)19-9-11(15(20)21)14(18-19)10-4-3-7-17-8-10/h1-9H,(H,20,21). The molecule has 2 aromatic heterocycles. The molecule has 0 spiro atoms. The molecule has 0 aliphatic carbocycles. The van der Waals surface area contributed by atoms with E-state index in [0.29, 0.717) is 11.3 Å². The first-order valence-electron chi connectivity index (χ1n) is 6.15. The van der Waals surface area contributed by atoms with E-state index in [1.807, 2.05) is 24.3 Å². The molecule has 0 unspecified atom stereocenters. The minimum absolute atomic E-state index is 0.138. The minimum Gasteiger partial charge on any atom is -0.478 e. The molecule has 0 fully saturated rings. The molecule has 6 heteroatoms. The van der Waals surface area contributed by atoms with Crippen molar-refractivity contribution in [3.05, 3.63) is 65.0 Å². The molecule has 0 bridgehead atoms. The number of pyridine rings is 1. The first-order valence-corrected chi connectivity index (χ1v) is 6.94. The average Bonchev–Trinajstić information content (AvgIpc) is 2.94. The lowest BCUT2D eigenvalue weighted by molar-refractivity contribution is 0.0697. The Labute approximate surface area is 129 Å². The van der Waals surface area contributed by atoms with Crippen molar-refractivity contribution in [3.63, 3.8) is 0 Å². The molecule has 0 radical (unpaired) electrons. The number of carboxylic acids is 1. The molecule has 0 aliphatic heterocycles. The van der Waals surface area contributed by atoms with Gasteiger partial charge in [-0.2, -0.15) is 5.10 Å². The number of halogens is 1. The molecule has 0 aliphatic rings. The second-order valence-corrected chi connectivity index (χ2v) is 5.19. The maximum atomic E-state index is 11.4. The third kappa shape index (κ3) is 2.57. The molecule has 0 saturated carbocycles. The van der Waals surface area contributed by atoms with E-state index in [2.05, 4.69) is 26.0 Å². The van der Waals surface area contributed by atoms with Gasteiger partial charge in [-0.25, -0.2) is 9.48 Å². The fourth-order valence-corrected chi connectivity index (χ4v) is 2.47. The SMILES string of the molecule is O=C(O)c1cn(-c2ccccc2Br)nc1-c1cccnc1. The number of para-hydroxylation sites is 1. The lowest BCUT2D eigenvalue weighted by atomic mass is 10.1. The summed E-state index contributed by atoms with van der Waals surface area (Å²) in [5, 5.41) is 13.8. The Kier molecular flexibility index (Phi) is 3.53. The predicted molar refractivity (Wildman–Crippen MR) is 81.5 cm³/mol. The predicted octanol–water partition coefficient (Wildman–Crippen LogP) is 3.40. The Morgan fingerprint density at radius 3 is 2.67 bits per heavy atom. The summed E-state index contributed by atoms with van der Waals surface area (Å²) in [6, 6.07) is 11.0. The van der Waals surface area contributed by atoms with Crippen molar-refractivity contribution < 1.29 is 9.90 Å². The number of hydrogen-bond donors (Lipinski definition) is 1. The van der Waals surface area contributed by atoms with Crippen LogP contribution in [0.25, 0.3) is 16.9 Å². The van der Waals surface area contributed by atoms with Crippen molar-refractivity contribution in [2.75, 3.05) is 0 Å². The van der Waals surface area contributed by atoms with Crippen LogP contribution < -0.4 is 0 Å². The van der Waals surface area contributed by atoms with Gasteiger partial charge in [0.25, 0.3) is 0 Å². The number of hydrogen-bond acceptors (Lipinski definition) is 3. The van der Waals surface area contributed by atoms with Gasteiger partial charge in [0, 0.05) is 28.6 Å². The van der Waals surface area contributed by atoms with Gasteiger partial charge in [0.2, 0.25) is 0 Å². The average molecular weight is 344 g/mol. The molecule has 0 saturated heterocycles. The molecule has 3 aromatic rings. The smallest absolute Gasteiger partial charge is 0.339 e. The molecule has 5 nitrogen and oxygen atoms in total. The highest BCUT2D eigenvalue weighted by molar-refractivity contribution is 9.10. The van der Waals surface area contributed by atoms with Crippen LogP contribution in [0.4, 0.5) is 0 Å². The lowest BCUT2D eigenvalue weighted by Crippen LogP contribution is -1.96. The molecule has 104 valence electrons. The van der Waals surface area contributed by atoms with E-state index in [0.717, 1.165) is 10.2 Å². The summed E-state index contributed by atoms with van der Waals surface area (Å²) in [5.74, 6) is -1.02. The summed E-state index contributed by atoms with van der Waals surface area (Å²) in [5.41, 5.74) is 1.97. The molecular formula is C15H10BrN3O2. The van der Waals surface area contributed by atoms with Crippen LogP contribution in [0.3, 0.4) is 0 Å². The van der Waals surface area contributed by atoms with Gasteiger partial charge in [-0.05, 0) is 40.2 Å². The van der Waals surface area contributed by atoms with Gasteiger partial charge in [0.05, 0.1) is 5.69 Å². The number of aromatic carboxylic acids is 1. The number of nitrogens with zero attached hydrogens (tertiary/aromatic N) is 3. The second-order valence-electron chi connectivity index (χ2n) is 4.33. The summed E-state index contributed by atoms with van der Waals surface area (Å²) >= 11 is 3.44. The molecule has 21 heavy (non-hydrogen) atoms. The Balaban J connectivity index is 2.18. The Morgan fingerprint density at radius 2 is 2.00 bits per heavy atom. The maximum Gasteiger partial charge on any atom is 0.339 e. The van der Waals surface area contributed by atoms with E-state index in [4.69, 9.17) is 0 Å². The van der Waals surface area contributed by atoms with E-state index in [-0.39, 0.29) is 5.56 Å². The Hall–Kier alpha value is -2.47. The molecular weight excluding hydrogens is 334 g/mol. The number of carbonyl (C=O) groups is 1. The Morgan fingerprint density at radius 1 is 1.19 bits per heavy atom. The van der Waals surface area contributed by atoms with Crippen molar-refractivity contribution >= 4 is 21.9 Å². The van der Waals surface area contributed by atoms with Gasteiger partial charge in [0.1, 0.15) is 11.3 Å². The zero-order chi connectivity index (χ0) is 14.8. The van der Waals surface area contributed by atoms with Crippen LogP contribution in [-0.2, 0) is 0 Å². The summed E-state index contributed by atoms with van der Waals surface area (Å²) in [7, 11) is 0. The summed E-state index contributed by atoms with van der Waals surface area (Å²) in [4.78, 5) is 15.4. The van der Waals surface area contributed by atoms with Gasteiger partial charge in [0.15, 0.2) is 0 Å². The topological polar surface area (TPSA) is 68.0 Å². The van der Waals surface area contributed by atoms with Gasteiger partial charge in [-0.1, -0.05) is 12.1 Å². The Bertz CT molecular complexity index is 800. The number of rotatable bonds is 3. The van der Waals surface area contributed by atoms with Gasteiger partial charge < -0.3 is 5.11 Å². The van der Waals surface area contributed by atoms with Crippen molar-refractivity contribution in [1.29, 1.82) is 0 Å². The van der Waals surface area contributed by atoms with Gasteiger partial charge in [-0.15, -0.1) is 0 Å². The van der Waals surface area contributed by atoms with E-state index in [1.54, 1.807) is 29.2 Å². The van der Waals surface area contributed by atoms with Crippen molar-refractivity contribution in [1.82, 2.24) is 14.8 Å². The third-order valence-electron chi connectivity index (χ3n) is 2.98. The van der Waals surface area contributed by atoms with Crippen LogP contribution >= 0.6 is 15.9 Å². The highest BCUT2D eigenvalue weighted by Gasteiger charge is 2.18. The third-order valence-corrected chi connectivity index (χ3v) is 3.65. The minimum atomic E-state index is -1.02. The molecule has 1 aromatic carbocycles. The van der Waals surface area contributed by atoms with Crippen LogP contribution in [0.15, 0.2) is 59.5 Å². The van der Waals surface area contributed by atoms with Gasteiger partial charge >= 0.3 is 5.97 Å². The van der Waals surface area contributed by atoms with E-state index in [1.165, 1.54) is 6.20 Å². The summed E-state index contributed by atoms with van der Waals surface area (Å²) in [6.07, 6.45) is 4.73. The van der Waals surface area contributed by atoms with Crippen molar-refractivity contribution in [2.24, 2.45) is 0 Å². The largest absolute Gasteiger partial charge is 0.478 e. The van der Waals surface area contributed by atoms with Gasteiger partial charge in [-0.3, -0.25) is 4.98 Å². The van der Waals surface area contributed by atoms with E-state index in [9.17, 15) is 9.90 Å². The number of aromatic nitrogens is 3. The van der Waals surface area contributed by atoms with Crippen LogP contribution in [0.5, 0.6) is 0 Å². The van der Waals surface area contributed by atoms with Crippen LogP contribution in [-0.4, -0.2) is 25.8 Å².